The second-order valence-corrected chi connectivity index (χ2v) is 13.1. The number of hydrogen-bond donors (Lipinski definition) is 1. The number of benzene rings is 1. The van der Waals surface area contributed by atoms with Gasteiger partial charge in [0.05, 0.1) is 16.5 Å². The quantitative estimate of drug-likeness (QED) is 0.358. The molecule has 3 aromatic rings. The molecule has 17 heteroatoms. The summed E-state index contributed by atoms with van der Waals surface area (Å²) in [5.41, 5.74) is -1.01. The minimum Gasteiger partial charge on any atom is -0.338 e. The summed E-state index contributed by atoms with van der Waals surface area (Å²) in [6.07, 6.45) is -5.29. The summed E-state index contributed by atoms with van der Waals surface area (Å²) in [6, 6.07) is 4.25. The maximum atomic E-state index is 13.7. The molecule has 0 unspecified atom stereocenters. The average molecular weight is 630 g/mol. The van der Waals surface area contributed by atoms with Crippen molar-refractivity contribution in [3.63, 3.8) is 0 Å². The van der Waals surface area contributed by atoms with Crippen molar-refractivity contribution in [2.45, 2.75) is 62.7 Å². The van der Waals surface area contributed by atoms with Gasteiger partial charge in [-0.25, -0.2) is 17.2 Å². The Morgan fingerprint density at radius 2 is 1.95 bits per heavy atom. The SMILES string of the molecule is CC(C)C(=O)N1CC=C(c2cc(S(=O)(=O)NC3(C#N)CC3)cc3c(-c4nnc(C(F)F)s4)nn(CC(F)(F)F)c23)CC1. The molecule has 1 aliphatic carbocycles. The number of sulfonamides is 1. The largest absolute Gasteiger partial charge is 0.408 e. The summed E-state index contributed by atoms with van der Waals surface area (Å²) >= 11 is 0.429. The Morgan fingerprint density at radius 3 is 2.48 bits per heavy atom. The first-order chi connectivity index (χ1) is 19.6. The third-order valence-corrected chi connectivity index (χ3v) is 9.39. The van der Waals surface area contributed by atoms with E-state index in [4.69, 9.17) is 0 Å². The molecule has 2 aromatic heterocycles. The lowest BCUT2D eigenvalue weighted by Crippen LogP contribution is -2.37. The highest BCUT2D eigenvalue weighted by Crippen LogP contribution is 2.41. The average Bonchev–Trinajstić information content (AvgIpc) is 3.34. The van der Waals surface area contributed by atoms with Crippen LogP contribution in [0.25, 0.3) is 27.2 Å². The molecule has 5 rings (SSSR count). The van der Waals surface area contributed by atoms with Crippen LogP contribution in [0.1, 0.15) is 50.1 Å². The van der Waals surface area contributed by atoms with Gasteiger partial charge in [-0.15, -0.1) is 10.2 Å². The van der Waals surface area contributed by atoms with Gasteiger partial charge in [0.25, 0.3) is 6.43 Å². The molecular formula is C25H24F5N7O3S2. The number of hydrogen-bond acceptors (Lipinski definition) is 8. The number of nitrogens with zero attached hydrogens (tertiary/aromatic N) is 6. The van der Waals surface area contributed by atoms with E-state index in [1.807, 2.05) is 6.07 Å². The number of nitriles is 1. The van der Waals surface area contributed by atoms with Gasteiger partial charge in [-0.1, -0.05) is 31.3 Å². The van der Waals surface area contributed by atoms with Crippen LogP contribution in [-0.2, 0) is 21.4 Å². The highest BCUT2D eigenvalue weighted by molar-refractivity contribution is 7.89. The molecule has 3 heterocycles. The summed E-state index contributed by atoms with van der Waals surface area (Å²) < 4.78 is 97.6. The molecule has 1 fully saturated rings. The molecule has 0 saturated heterocycles. The van der Waals surface area contributed by atoms with Crippen molar-refractivity contribution in [3.05, 3.63) is 28.8 Å². The highest BCUT2D eigenvalue weighted by Gasteiger charge is 2.47. The van der Waals surface area contributed by atoms with Crippen LogP contribution in [0.3, 0.4) is 0 Å². The lowest BCUT2D eigenvalue weighted by Gasteiger charge is -2.28. The molecule has 1 aliphatic heterocycles. The van der Waals surface area contributed by atoms with E-state index in [0.29, 0.717) is 34.4 Å². The highest BCUT2D eigenvalue weighted by atomic mass is 32.2. The number of fused-ring (bicyclic) bond motifs is 1. The number of carbonyl (C=O) groups is 1. The van der Waals surface area contributed by atoms with E-state index < -0.39 is 39.7 Å². The van der Waals surface area contributed by atoms with Crippen LogP contribution < -0.4 is 4.72 Å². The van der Waals surface area contributed by atoms with E-state index in [2.05, 4.69) is 20.0 Å². The van der Waals surface area contributed by atoms with Crippen molar-refractivity contribution in [2.75, 3.05) is 13.1 Å². The van der Waals surface area contributed by atoms with Crippen LogP contribution in [0.4, 0.5) is 22.0 Å². The molecule has 2 aliphatic rings. The van der Waals surface area contributed by atoms with Crippen molar-refractivity contribution >= 4 is 43.7 Å². The molecule has 0 radical (unpaired) electrons. The van der Waals surface area contributed by atoms with Crippen molar-refractivity contribution in [2.24, 2.45) is 5.92 Å². The summed E-state index contributed by atoms with van der Waals surface area (Å²) in [5, 5.41) is 19.6. The van der Waals surface area contributed by atoms with Crippen molar-refractivity contribution in [1.82, 2.24) is 29.6 Å². The summed E-state index contributed by atoms with van der Waals surface area (Å²) in [5.74, 6) is -0.389. The van der Waals surface area contributed by atoms with Crippen molar-refractivity contribution < 1.29 is 35.2 Å². The van der Waals surface area contributed by atoms with E-state index >= 15 is 0 Å². The second kappa shape index (κ2) is 10.7. The first-order valence-electron chi connectivity index (χ1n) is 12.8. The molecule has 0 bridgehead atoms. The van der Waals surface area contributed by atoms with Gasteiger partial charge >= 0.3 is 6.18 Å². The third-order valence-electron chi connectivity index (χ3n) is 6.94. The van der Waals surface area contributed by atoms with Gasteiger partial charge in [-0.2, -0.15) is 28.3 Å². The molecule has 224 valence electrons. The molecule has 1 N–H and O–H groups in total. The normalized spacial score (nSPS) is 17.1. The zero-order valence-electron chi connectivity index (χ0n) is 22.2. The number of alkyl halides is 5. The van der Waals surface area contributed by atoms with Gasteiger partial charge in [0.1, 0.15) is 17.8 Å². The standard InChI is InChI=1S/C25H24F5N7O3S2/c1-13(2)23(38)36-7-3-14(4-8-36)16-9-15(42(39,40)35-24(11-31)5-6-24)10-17-18(21-32-33-22(41-21)20(26)27)34-37(19(16)17)12-25(28,29)30/h3,9-10,13,20,35H,4-8,12H2,1-2H3. The van der Waals surface area contributed by atoms with Crippen LogP contribution >= 0.6 is 11.3 Å². The monoisotopic (exact) mass is 629 g/mol. The van der Waals surface area contributed by atoms with Gasteiger partial charge in [-0.05, 0) is 37.0 Å². The first kappa shape index (κ1) is 30.0. The molecule has 0 atom stereocenters. The van der Waals surface area contributed by atoms with Crippen molar-refractivity contribution in [1.29, 1.82) is 5.26 Å². The third kappa shape index (κ3) is 5.88. The minimum absolute atomic E-state index is 0.0718. The Kier molecular flexibility index (Phi) is 7.60. The predicted octanol–water partition coefficient (Wildman–Crippen LogP) is 4.66. The van der Waals surface area contributed by atoms with E-state index in [1.165, 1.54) is 6.07 Å². The van der Waals surface area contributed by atoms with Crippen LogP contribution in [-0.4, -0.2) is 64.0 Å². The molecule has 42 heavy (non-hydrogen) atoms. The summed E-state index contributed by atoms with van der Waals surface area (Å²) in [6.45, 7) is 2.32. The smallest absolute Gasteiger partial charge is 0.338 e. The van der Waals surface area contributed by atoms with Crippen LogP contribution in [0.15, 0.2) is 23.1 Å². The van der Waals surface area contributed by atoms with Crippen LogP contribution in [0, 0.1) is 17.2 Å². The van der Waals surface area contributed by atoms with E-state index in [0.717, 1.165) is 6.07 Å². The zero-order valence-corrected chi connectivity index (χ0v) is 23.9. The van der Waals surface area contributed by atoms with Crippen LogP contribution in [0.5, 0.6) is 0 Å². The molecule has 10 nitrogen and oxygen atoms in total. The number of halogens is 5. The lowest BCUT2D eigenvalue weighted by molar-refractivity contribution is -0.141. The number of nitrogens with one attached hydrogen (secondary N) is 1. The van der Waals surface area contributed by atoms with Gasteiger partial charge in [0.2, 0.25) is 15.9 Å². The number of rotatable bonds is 8. The Bertz CT molecular complexity index is 1730. The second-order valence-electron chi connectivity index (χ2n) is 10.5. The fourth-order valence-electron chi connectivity index (χ4n) is 4.71. The van der Waals surface area contributed by atoms with Crippen LogP contribution in [0.2, 0.25) is 0 Å². The molecule has 1 saturated carbocycles. The number of aromatic nitrogens is 4. The van der Waals surface area contributed by atoms with Gasteiger partial charge in [0, 0.05) is 30.0 Å². The fourth-order valence-corrected chi connectivity index (χ4v) is 6.83. The minimum atomic E-state index is -4.73. The lowest BCUT2D eigenvalue weighted by atomic mass is 9.96. The molecular weight excluding hydrogens is 605 g/mol. The topological polar surface area (TPSA) is 134 Å². The Morgan fingerprint density at radius 1 is 1.24 bits per heavy atom. The van der Waals surface area contributed by atoms with Gasteiger partial charge in [0.15, 0.2) is 10.0 Å². The maximum absolute atomic E-state index is 13.7. The zero-order chi connectivity index (χ0) is 30.6. The van der Waals surface area contributed by atoms with E-state index in [-0.39, 0.29) is 63.4 Å². The molecule has 1 aromatic carbocycles. The van der Waals surface area contributed by atoms with E-state index in [1.54, 1.807) is 24.8 Å². The maximum Gasteiger partial charge on any atom is 0.408 e. The molecule has 1 amide bonds. The Balaban J connectivity index is 1.74. The fraction of sp³-hybridized carbons (Fsp3) is 0.480. The molecule has 0 spiro atoms. The first-order valence-corrected chi connectivity index (χ1v) is 15.1. The van der Waals surface area contributed by atoms with Gasteiger partial charge in [-0.3, -0.25) is 9.48 Å². The Labute approximate surface area is 240 Å². The van der Waals surface area contributed by atoms with Crippen molar-refractivity contribution in [3.8, 4) is 16.8 Å². The predicted molar refractivity (Wildman–Crippen MR) is 142 cm³/mol. The van der Waals surface area contributed by atoms with Gasteiger partial charge < -0.3 is 4.90 Å². The summed E-state index contributed by atoms with van der Waals surface area (Å²) in [4.78, 5) is 13.7. The van der Waals surface area contributed by atoms with E-state index in [9.17, 15) is 40.4 Å². The number of carbonyl (C=O) groups excluding carboxylic acids is 1. The Hall–Kier alpha value is -3.49. The number of amides is 1. The summed E-state index contributed by atoms with van der Waals surface area (Å²) in [7, 11) is -4.36.